The van der Waals surface area contributed by atoms with Crippen molar-refractivity contribution in [3.8, 4) is 0 Å². The molecule has 0 aliphatic heterocycles. The summed E-state index contributed by atoms with van der Waals surface area (Å²) in [5, 5.41) is 0. The predicted octanol–water partition coefficient (Wildman–Crippen LogP) is 4.70. The molecule has 2 atom stereocenters. The van der Waals surface area contributed by atoms with Gasteiger partial charge in [-0.05, 0) is 38.2 Å². The fourth-order valence-electron chi connectivity index (χ4n) is 3.33. The molecular formula is C17H24O. The Bertz CT molecular complexity index is 433. The topological polar surface area (TPSA) is 17.1 Å². The number of carbonyl (C=O) groups excluding carboxylic acids is 1. The lowest BCUT2D eigenvalue weighted by molar-refractivity contribution is 0.0819. The van der Waals surface area contributed by atoms with Crippen LogP contribution in [0.4, 0.5) is 0 Å². The van der Waals surface area contributed by atoms with Crippen LogP contribution in [0.3, 0.4) is 0 Å². The van der Waals surface area contributed by atoms with E-state index in [4.69, 9.17) is 0 Å². The number of Topliss-reactive ketones (excluding diaryl/α,β-unsaturated/α-hetero) is 1. The minimum atomic E-state index is 0.269. The minimum absolute atomic E-state index is 0.269. The molecule has 1 aromatic rings. The van der Waals surface area contributed by atoms with Crippen LogP contribution in [0.5, 0.6) is 0 Å². The standard InChI is InChI=1S/C17H24O/c1-4-14-7-5-6-8-16(14)17(18)15-10-9-12(2)11-13(15)3/h9-11,14,16H,4-8H2,1-3H3. The van der Waals surface area contributed by atoms with E-state index in [-0.39, 0.29) is 5.92 Å². The second kappa shape index (κ2) is 5.69. The van der Waals surface area contributed by atoms with Gasteiger partial charge in [0.25, 0.3) is 0 Å². The summed E-state index contributed by atoms with van der Waals surface area (Å²) in [5.74, 6) is 1.26. The quantitative estimate of drug-likeness (QED) is 0.704. The first-order chi connectivity index (χ1) is 8.63. The van der Waals surface area contributed by atoms with Gasteiger partial charge in [0.1, 0.15) is 0 Å². The van der Waals surface area contributed by atoms with E-state index in [0.717, 1.165) is 24.0 Å². The van der Waals surface area contributed by atoms with Crippen LogP contribution in [-0.2, 0) is 0 Å². The monoisotopic (exact) mass is 244 g/mol. The lowest BCUT2D eigenvalue weighted by Crippen LogP contribution is -2.27. The first kappa shape index (κ1) is 13.3. The molecule has 0 bridgehead atoms. The Balaban J connectivity index is 2.24. The van der Waals surface area contributed by atoms with Crippen molar-refractivity contribution in [2.24, 2.45) is 11.8 Å². The van der Waals surface area contributed by atoms with E-state index >= 15 is 0 Å². The van der Waals surface area contributed by atoms with Gasteiger partial charge < -0.3 is 0 Å². The number of hydrogen-bond acceptors (Lipinski definition) is 1. The van der Waals surface area contributed by atoms with Crippen molar-refractivity contribution in [2.75, 3.05) is 0 Å². The van der Waals surface area contributed by atoms with Crippen molar-refractivity contribution < 1.29 is 4.79 Å². The smallest absolute Gasteiger partial charge is 0.166 e. The molecule has 0 heterocycles. The highest BCUT2D eigenvalue weighted by atomic mass is 16.1. The first-order valence-corrected chi connectivity index (χ1v) is 7.25. The number of hydrogen-bond donors (Lipinski definition) is 0. The molecule has 0 saturated heterocycles. The van der Waals surface area contributed by atoms with Crippen LogP contribution < -0.4 is 0 Å². The van der Waals surface area contributed by atoms with Gasteiger partial charge in [-0.2, -0.15) is 0 Å². The van der Waals surface area contributed by atoms with Crippen molar-refractivity contribution in [1.29, 1.82) is 0 Å². The van der Waals surface area contributed by atoms with E-state index in [1.807, 2.05) is 6.07 Å². The first-order valence-electron chi connectivity index (χ1n) is 7.25. The third-order valence-corrected chi connectivity index (χ3v) is 4.42. The van der Waals surface area contributed by atoms with E-state index in [2.05, 4.69) is 32.9 Å². The van der Waals surface area contributed by atoms with Crippen LogP contribution in [0.15, 0.2) is 18.2 Å². The molecule has 0 N–H and O–H groups in total. The number of carbonyl (C=O) groups is 1. The summed E-state index contributed by atoms with van der Waals surface area (Å²) in [6.07, 6.45) is 5.98. The Morgan fingerprint density at radius 2 is 1.94 bits per heavy atom. The zero-order chi connectivity index (χ0) is 13.1. The zero-order valence-electron chi connectivity index (χ0n) is 11.8. The number of aryl methyl sites for hydroxylation is 2. The summed E-state index contributed by atoms with van der Waals surface area (Å²) in [4.78, 5) is 12.7. The SMILES string of the molecule is CCC1CCCCC1C(=O)c1ccc(C)cc1C. The van der Waals surface area contributed by atoms with Crippen LogP contribution in [-0.4, -0.2) is 5.78 Å². The van der Waals surface area contributed by atoms with Crippen molar-refractivity contribution in [2.45, 2.75) is 52.9 Å². The summed E-state index contributed by atoms with van der Waals surface area (Å²) in [7, 11) is 0. The van der Waals surface area contributed by atoms with Crippen LogP contribution in [0, 0.1) is 25.7 Å². The Morgan fingerprint density at radius 3 is 2.61 bits per heavy atom. The van der Waals surface area contributed by atoms with Gasteiger partial charge in [-0.3, -0.25) is 4.79 Å². The van der Waals surface area contributed by atoms with Crippen molar-refractivity contribution in [1.82, 2.24) is 0 Å². The van der Waals surface area contributed by atoms with E-state index in [1.165, 1.54) is 24.8 Å². The van der Waals surface area contributed by atoms with Crippen molar-refractivity contribution in [3.05, 3.63) is 34.9 Å². The molecule has 1 heteroatoms. The third-order valence-electron chi connectivity index (χ3n) is 4.42. The molecule has 18 heavy (non-hydrogen) atoms. The van der Waals surface area contributed by atoms with Crippen LogP contribution in [0.25, 0.3) is 0 Å². The van der Waals surface area contributed by atoms with Gasteiger partial charge in [0.2, 0.25) is 0 Å². The fourth-order valence-corrected chi connectivity index (χ4v) is 3.33. The van der Waals surface area contributed by atoms with E-state index in [1.54, 1.807) is 0 Å². The fraction of sp³-hybridized carbons (Fsp3) is 0.588. The van der Waals surface area contributed by atoms with E-state index < -0.39 is 0 Å². The molecular weight excluding hydrogens is 220 g/mol. The number of rotatable bonds is 3. The van der Waals surface area contributed by atoms with Gasteiger partial charge in [-0.1, -0.05) is 49.9 Å². The average Bonchev–Trinajstić information content (AvgIpc) is 2.38. The molecule has 1 aliphatic rings. The number of benzene rings is 1. The van der Waals surface area contributed by atoms with Crippen LogP contribution in [0.1, 0.15) is 60.5 Å². The second-order valence-electron chi connectivity index (χ2n) is 5.74. The highest BCUT2D eigenvalue weighted by Gasteiger charge is 2.30. The lowest BCUT2D eigenvalue weighted by atomic mass is 9.74. The van der Waals surface area contributed by atoms with Crippen LogP contribution in [0.2, 0.25) is 0 Å². The molecule has 1 fully saturated rings. The van der Waals surface area contributed by atoms with E-state index in [9.17, 15) is 4.79 Å². The molecule has 2 unspecified atom stereocenters. The molecule has 1 saturated carbocycles. The summed E-state index contributed by atoms with van der Waals surface area (Å²) >= 11 is 0. The normalized spacial score (nSPS) is 23.9. The summed E-state index contributed by atoms with van der Waals surface area (Å²) in [5.41, 5.74) is 3.33. The molecule has 0 aromatic heterocycles. The molecule has 0 spiro atoms. The maximum Gasteiger partial charge on any atom is 0.166 e. The summed E-state index contributed by atoms with van der Waals surface area (Å²) < 4.78 is 0. The van der Waals surface area contributed by atoms with Crippen LogP contribution >= 0.6 is 0 Å². The molecule has 1 aliphatic carbocycles. The minimum Gasteiger partial charge on any atom is -0.294 e. The molecule has 0 radical (unpaired) electrons. The lowest BCUT2D eigenvalue weighted by Gasteiger charge is -2.30. The molecule has 1 nitrogen and oxygen atoms in total. The van der Waals surface area contributed by atoms with Crippen molar-refractivity contribution >= 4 is 5.78 Å². The third kappa shape index (κ3) is 2.66. The summed E-state index contributed by atoms with van der Waals surface area (Å²) in [6.45, 7) is 6.36. The van der Waals surface area contributed by atoms with Gasteiger partial charge in [0, 0.05) is 11.5 Å². The highest BCUT2D eigenvalue weighted by molar-refractivity contribution is 5.99. The Morgan fingerprint density at radius 1 is 1.22 bits per heavy atom. The molecule has 0 amide bonds. The zero-order valence-corrected chi connectivity index (χ0v) is 11.8. The summed E-state index contributed by atoms with van der Waals surface area (Å²) in [6, 6.07) is 6.20. The Hall–Kier alpha value is -1.11. The largest absolute Gasteiger partial charge is 0.294 e. The molecule has 2 rings (SSSR count). The maximum atomic E-state index is 12.7. The number of ketones is 1. The van der Waals surface area contributed by atoms with Gasteiger partial charge >= 0.3 is 0 Å². The second-order valence-corrected chi connectivity index (χ2v) is 5.74. The molecule has 98 valence electrons. The molecule has 1 aromatic carbocycles. The predicted molar refractivity (Wildman–Crippen MR) is 76.0 cm³/mol. The Kier molecular flexibility index (Phi) is 4.21. The van der Waals surface area contributed by atoms with Gasteiger partial charge in [-0.15, -0.1) is 0 Å². The highest BCUT2D eigenvalue weighted by Crippen LogP contribution is 2.35. The Labute approximate surface area is 111 Å². The maximum absolute atomic E-state index is 12.7. The van der Waals surface area contributed by atoms with E-state index in [0.29, 0.717) is 11.7 Å². The van der Waals surface area contributed by atoms with Crippen molar-refractivity contribution in [3.63, 3.8) is 0 Å². The van der Waals surface area contributed by atoms with Gasteiger partial charge in [0.15, 0.2) is 5.78 Å². The van der Waals surface area contributed by atoms with Gasteiger partial charge in [-0.25, -0.2) is 0 Å². The van der Waals surface area contributed by atoms with Gasteiger partial charge in [0.05, 0.1) is 0 Å². The average molecular weight is 244 g/mol.